The topological polar surface area (TPSA) is 47.6 Å². The minimum absolute atomic E-state index is 0.211. The Bertz CT molecular complexity index is 708. The van der Waals surface area contributed by atoms with Crippen LogP contribution in [-0.2, 0) is 0 Å². The number of ether oxygens (including phenoxy) is 2. The molecule has 122 valence electrons. The molecule has 2 aromatic rings. The predicted molar refractivity (Wildman–Crippen MR) is 92.8 cm³/mol. The van der Waals surface area contributed by atoms with Crippen LogP contribution in [0, 0.1) is 6.92 Å². The van der Waals surface area contributed by atoms with E-state index in [1.807, 2.05) is 25.1 Å². The van der Waals surface area contributed by atoms with E-state index in [1.165, 1.54) is 0 Å². The number of hydrogen-bond acceptors (Lipinski definition) is 3. The minimum atomic E-state index is -0.211. The van der Waals surface area contributed by atoms with Gasteiger partial charge in [-0.2, -0.15) is 0 Å². The van der Waals surface area contributed by atoms with E-state index in [4.69, 9.17) is 9.47 Å². The van der Waals surface area contributed by atoms with E-state index in [0.717, 1.165) is 16.8 Å². The monoisotopic (exact) mass is 313 g/mol. The van der Waals surface area contributed by atoms with Crippen molar-refractivity contribution in [1.29, 1.82) is 0 Å². The molecule has 4 nitrogen and oxygen atoms in total. The highest BCUT2D eigenvalue weighted by atomic mass is 16.5. The van der Waals surface area contributed by atoms with Gasteiger partial charge in [-0.1, -0.05) is 32.0 Å². The summed E-state index contributed by atoms with van der Waals surface area (Å²) in [6.07, 6.45) is 0. The number of hydrogen-bond donors (Lipinski definition) is 1. The number of para-hydroxylation sites is 1. The van der Waals surface area contributed by atoms with Crippen LogP contribution in [0.5, 0.6) is 11.5 Å². The van der Waals surface area contributed by atoms with Crippen molar-refractivity contribution in [3.8, 4) is 11.5 Å². The lowest BCUT2D eigenvalue weighted by atomic mass is 9.98. The van der Waals surface area contributed by atoms with Crippen molar-refractivity contribution in [2.45, 2.75) is 26.7 Å². The Morgan fingerprint density at radius 3 is 2.43 bits per heavy atom. The van der Waals surface area contributed by atoms with Gasteiger partial charge < -0.3 is 14.8 Å². The maximum Gasteiger partial charge on any atom is 0.259 e. The summed E-state index contributed by atoms with van der Waals surface area (Å²) in [5, 5.41) is 3.03. The summed E-state index contributed by atoms with van der Waals surface area (Å²) in [5.41, 5.74) is 3.45. The third-order valence-electron chi connectivity index (χ3n) is 3.82. The van der Waals surface area contributed by atoms with Crippen LogP contribution >= 0.6 is 0 Å². The summed E-state index contributed by atoms with van der Waals surface area (Å²) >= 11 is 0. The Morgan fingerprint density at radius 2 is 1.83 bits per heavy atom. The Morgan fingerprint density at radius 1 is 1.09 bits per heavy atom. The van der Waals surface area contributed by atoms with Gasteiger partial charge in [0.2, 0.25) is 0 Å². The predicted octanol–water partition coefficient (Wildman–Crippen LogP) is 4.39. The lowest BCUT2D eigenvalue weighted by molar-refractivity contribution is 0.102. The molecule has 0 heterocycles. The van der Waals surface area contributed by atoms with Crippen molar-refractivity contribution in [3.63, 3.8) is 0 Å². The average Bonchev–Trinajstić information content (AvgIpc) is 2.55. The molecule has 2 aromatic carbocycles. The van der Waals surface area contributed by atoms with Crippen molar-refractivity contribution in [2.75, 3.05) is 19.5 Å². The first-order valence-corrected chi connectivity index (χ1v) is 7.60. The molecular formula is C19H23NO3. The highest BCUT2D eigenvalue weighted by Gasteiger charge is 2.17. The van der Waals surface area contributed by atoms with Crippen LogP contribution in [0.4, 0.5) is 5.69 Å². The van der Waals surface area contributed by atoms with Gasteiger partial charge in [-0.3, -0.25) is 4.79 Å². The van der Waals surface area contributed by atoms with E-state index < -0.39 is 0 Å². The molecule has 4 heteroatoms. The first-order chi connectivity index (χ1) is 11.0. The third kappa shape index (κ3) is 3.65. The highest BCUT2D eigenvalue weighted by molar-refractivity contribution is 6.07. The van der Waals surface area contributed by atoms with E-state index in [9.17, 15) is 4.79 Å². The molecule has 0 aliphatic rings. The van der Waals surface area contributed by atoms with Crippen molar-refractivity contribution in [1.82, 2.24) is 0 Å². The molecule has 0 saturated carbocycles. The van der Waals surface area contributed by atoms with E-state index in [1.54, 1.807) is 32.4 Å². The quantitative estimate of drug-likeness (QED) is 0.890. The van der Waals surface area contributed by atoms with Crippen molar-refractivity contribution in [3.05, 3.63) is 53.1 Å². The largest absolute Gasteiger partial charge is 0.497 e. The number of carbonyl (C=O) groups is 1. The standard InChI is InChI=1S/C19H23NO3/c1-12(2)15-8-6-7-13(3)18(15)20-19(21)16-11-14(22-4)9-10-17(16)23-5/h6-12H,1-5H3,(H,20,21). The molecule has 0 saturated heterocycles. The van der Waals surface area contributed by atoms with Gasteiger partial charge in [0.25, 0.3) is 5.91 Å². The molecule has 0 spiro atoms. The number of methoxy groups -OCH3 is 2. The second kappa shape index (κ2) is 7.18. The zero-order valence-corrected chi connectivity index (χ0v) is 14.3. The fourth-order valence-electron chi connectivity index (χ4n) is 2.51. The van der Waals surface area contributed by atoms with Crippen LogP contribution in [0.3, 0.4) is 0 Å². The fourth-order valence-corrected chi connectivity index (χ4v) is 2.51. The summed E-state index contributed by atoms with van der Waals surface area (Å²) in [7, 11) is 3.12. The molecule has 0 unspecified atom stereocenters. The van der Waals surface area contributed by atoms with E-state index in [2.05, 4.69) is 19.2 Å². The van der Waals surface area contributed by atoms with Gasteiger partial charge in [0.05, 0.1) is 19.8 Å². The van der Waals surface area contributed by atoms with Crippen LogP contribution in [-0.4, -0.2) is 20.1 Å². The van der Waals surface area contributed by atoms with Gasteiger partial charge in [0.1, 0.15) is 11.5 Å². The second-order valence-corrected chi connectivity index (χ2v) is 5.71. The maximum atomic E-state index is 12.7. The van der Waals surface area contributed by atoms with Gasteiger partial charge >= 0.3 is 0 Å². The number of rotatable bonds is 5. The number of benzene rings is 2. The average molecular weight is 313 g/mol. The van der Waals surface area contributed by atoms with E-state index in [0.29, 0.717) is 23.0 Å². The van der Waals surface area contributed by atoms with Crippen molar-refractivity contribution < 1.29 is 14.3 Å². The summed E-state index contributed by atoms with van der Waals surface area (Å²) < 4.78 is 10.5. The van der Waals surface area contributed by atoms with Crippen LogP contribution in [0.25, 0.3) is 0 Å². The number of amides is 1. The Labute approximate surface area is 137 Å². The van der Waals surface area contributed by atoms with Crippen LogP contribution in [0.2, 0.25) is 0 Å². The molecule has 0 atom stereocenters. The first-order valence-electron chi connectivity index (χ1n) is 7.60. The summed E-state index contributed by atoms with van der Waals surface area (Å²) in [6, 6.07) is 11.2. The van der Waals surface area contributed by atoms with Crippen LogP contribution < -0.4 is 14.8 Å². The Balaban J connectivity index is 2.40. The molecule has 23 heavy (non-hydrogen) atoms. The molecule has 0 aliphatic carbocycles. The number of carbonyl (C=O) groups excluding carboxylic acids is 1. The van der Waals surface area contributed by atoms with Crippen LogP contribution in [0.1, 0.15) is 41.3 Å². The number of anilines is 1. The van der Waals surface area contributed by atoms with Gasteiger partial charge in [-0.05, 0) is 42.2 Å². The fraction of sp³-hybridized carbons (Fsp3) is 0.316. The third-order valence-corrected chi connectivity index (χ3v) is 3.82. The normalized spacial score (nSPS) is 10.5. The van der Waals surface area contributed by atoms with Gasteiger partial charge in [0.15, 0.2) is 0 Å². The highest BCUT2D eigenvalue weighted by Crippen LogP contribution is 2.30. The zero-order valence-electron chi connectivity index (χ0n) is 14.3. The number of nitrogens with one attached hydrogen (secondary N) is 1. The molecule has 2 rings (SSSR count). The van der Waals surface area contributed by atoms with Gasteiger partial charge in [0, 0.05) is 5.69 Å². The molecular weight excluding hydrogens is 290 g/mol. The van der Waals surface area contributed by atoms with Gasteiger partial charge in [-0.15, -0.1) is 0 Å². The summed E-state index contributed by atoms with van der Waals surface area (Å²) in [5.74, 6) is 1.24. The van der Waals surface area contributed by atoms with Crippen LogP contribution in [0.15, 0.2) is 36.4 Å². The van der Waals surface area contributed by atoms with E-state index >= 15 is 0 Å². The molecule has 0 fully saturated rings. The minimum Gasteiger partial charge on any atom is -0.497 e. The Hall–Kier alpha value is -2.49. The summed E-state index contributed by atoms with van der Waals surface area (Å²) in [4.78, 5) is 12.7. The van der Waals surface area contributed by atoms with Crippen molar-refractivity contribution in [2.24, 2.45) is 0 Å². The van der Waals surface area contributed by atoms with Gasteiger partial charge in [-0.25, -0.2) is 0 Å². The molecule has 0 bridgehead atoms. The lowest BCUT2D eigenvalue weighted by Crippen LogP contribution is -2.16. The molecule has 0 aromatic heterocycles. The van der Waals surface area contributed by atoms with E-state index in [-0.39, 0.29) is 5.91 Å². The smallest absolute Gasteiger partial charge is 0.259 e. The lowest BCUT2D eigenvalue weighted by Gasteiger charge is -2.17. The molecule has 1 N–H and O–H groups in total. The summed E-state index contributed by atoms with van der Waals surface area (Å²) in [6.45, 7) is 6.21. The molecule has 1 amide bonds. The molecule has 0 aliphatic heterocycles. The van der Waals surface area contributed by atoms with Crippen molar-refractivity contribution >= 4 is 11.6 Å². The second-order valence-electron chi connectivity index (χ2n) is 5.71. The SMILES string of the molecule is COc1ccc(OC)c(C(=O)Nc2c(C)cccc2C(C)C)c1. The zero-order chi connectivity index (χ0) is 17.0. The first kappa shape index (κ1) is 16.9. The number of aryl methyl sites for hydroxylation is 1. The maximum absolute atomic E-state index is 12.7. The Kier molecular flexibility index (Phi) is 5.27. The molecule has 0 radical (unpaired) electrons.